The lowest BCUT2D eigenvalue weighted by atomic mass is 9.75. The molecule has 15 heavy (non-hydrogen) atoms. The Bertz CT molecular complexity index is 358. The van der Waals surface area contributed by atoms with Crippen molar-refractivity contribution in [3.8, 4) is 0 Å². The average molecular weight is 205 g/mol. The highest BCUT2D eigenvalue weighted by molar-refractivity contribution is 5.28. The molecule has 3 nitrogen and oxygen atoms in total. The summed E-state index contributed by atoms with van der Waals surface area (Å²) in [4.78, 5) is 8.76. The standard InChI is InChI=1S/C12H19N3/c1-12(2)5-4-10-9(6-12)11(7-13-3)15-8-14-10/h8,13H,4-7H2,1-3H3. The van der Waals surface area contributed by atoms with Crippen molar-refractivity contribution in [2.24, 2.45) is 5.41 Å². The molecular formula is C12H19N3. The summed E-state index contributed by atoms with van der Waals surface area (Å²) < 4.78 is 0. The van der Waals surface area contributed by atoms with Gasteiger partial charge in [0, 0.05) is 12.2 Å². The summed E-state index contributed by atoms with van der Waals surface area (Å²) in [7, 11) is 1.96. The van der Waals surface area contributed by atoms with Crippen LogP contribution in [0.25, 0.3) is 0 Å². The number of hydrogen-bond acceptors (Lipinski definition) is 3. The number of rotatable bonds is 2. The van der Waals surface area contributed by atoms with Gasteiger partial charge in [0.15, 0.2) is 0 Å². The molecule has 0 bridgehead atoms. The third kappa shape index (κ3) is 2.17. The van der Waals surface area contributed by atoms with Crippen molar-refractivity contribution in [1.82, 2.24) is 15.3 Å². The van der Waals surface area contributed by atoms with Gasteiger partial charge < -0.3 is 5.32 Å². The van der Waals surface area contributed by atoms with Gasteiger partial charge in [-0.1, -0.05) is 13.8 Å². The molecule has 1 heterocycles. The summed E-state index contributed by atoms with van der Waals surface area (Å²) in [6.45, 7) is 5.50. The Morgan fingerprint density at radius 3 is 2.93 bits per heavy atom. The van der Waals surface area contributed by atoms with Crippen molar-refractivity contribution in [3.63, 3.8) is 0 Å². The second-order valence-corrected chi connectivity index (χ2v) is 5.12. The topological polar surface area (TPSA) is 37.8 Å². The van der Waals surface area contributed by atoms with Crippen LogP contribution in [-0.2, 0) is 19.4 Å². The normalized spacial score (nSPS) is 18.6. The van der Waals surface area contributed by atoms with Crippen molar-refractivity contribution < 1.29 is 0 Å². The smallest absolute Gasteiger partial charge is 0.116 e. The van der Waals surface area contributed by atoms with Crippen LogP contribution in [0.4, 0.5) is 0 Å². The summed E-state index contributed by atoms with van der Waals surface area (Å²) in [5, 5.41) is 3.17. The molecule has 0 fully saturated rings. The molecule has 1 aromatic heterocycles. The van der Waals surface area contributed by atoms with Crippen LogP contribution in [0.5, 0.6) is 0 Å². The minimum Gasteiger partial charge on any atom is -0.314 e. The SMILES string of the molecule is CNCc1ncnc2c1CC(C)(C)CC2. The fraction of sp³-hybridized carbons (Fsp3) is 0.667. The first-order valence-electron chi connectivity index (χ1n) is 5.58. The van der Waals surface area contributed by atoms with E-state index in [1.165, 1.54) is 23.4 Å². The average Bonchev–Trinajstić information content (AvgIpc) is 2.18. The molecule has 82 valence electrons. The zero-order chi connectivity index (χ0) is 10.9. The maximum absolute atomic E-state index is 4.39. The summed E-state index contributed by atoms with van der Waals surface area (Å²) in [6, 6.07) is 0. The molecule has 0 saturated carbocycles. The van der Waals surface area contributed by atoms with E-state index >= 15 is 0 Å². The molecule has 0 aliphatic heterocycles. The van der Waals surface area contributed by atoms with Crippen LogP contribution in [0.15, 0.2) is 6.33 Å². The van der Waals surface area contributed by atoms with Crippen LogP contribution >= 0.6 is 0 Å². The first-order valence-corrected chi connectivity index (χ1v) is 5.58. The van der Waals surface area contributed by atoms with E-state index in [2.05, 4.69) is 29.1 Å². The predicted octanol–water partition coefficient (Wildman–Crippen LogP) is 1.71. The highest BCUT2D eigenvalue weighted by Crippen LogP contribution is 2.34. The molecule has 0 unspecified atom stereocenters. The van der Waals surface area contributed by atoms with Gasteiger partial charge in [0.05, 0.1) is 5.69 Å². The molecule has 1 aliphatic rings. The molecule has 0 spiro atoms. The largest absolute Gasteiger partial charge is 0.314 e. The van der Waals surface area contributed by atoms with E-state index in [9.17, 15) is 0 Å². The number of fused-ring (bicyclic) bond motifs is 1. The van der Waals surface area contributed by atoms with Crippen LogP contribution < -0.4 is 5.32 Å². The van der Waals surface area contributed by atoms with Crippen LogP contribution in [-0.4, -0.2) is 17.0 Å². The first-order chi connectivity index (χ1) is 7.12. The van der Waals surface area contributed by atoms with E-state index in [1.54, 1.807) is 6.33 Å². The van der Waals surface area contributed by atoms with E-state index < -0.39 is 0 Å². The van der Waals surface area contributed by atoms with Crippen LogP contribution in [0.1, 0.15) is 37.2 Å². The summed E-state index contributed by atoms with van der Waals surface area (Å²) in [6.07, 6.45) is 5.14. The van der Waals surface area contributed by atoms with Gasteiger partial charge in [-0.3, -0.25) is 0 Å². The molecule has 0 atom stereocenters. The van der Waals surface area contributed by atoms with Crippen molar-refractivity contribution in [3.05, 3.63) is 23.3 Å². The molecule has 0 radical (unpaired) electrons. The van der Waals surface area contributed by atoms with Gasteiger partial charge in [0.25, 0.3) is 0 Å². The Balaban J connectivity index is 2.36. The summed E-state index contributed by atoms with van der Waals surface area (Å²) in [5.74, 6) is 0. The molecular weight excluding hydrogens is 186 g/mol. The van der Waals surface area contributed by atoms with Crippen LogP contribution in [0.3, 0.4) is 0 Å². The monoisotopic (exact) mass is 205 g/mol. The van der Waals surface area contributed by atoms with Crippen molar-refractivity contribution in [2.45, 2.75) is 39.7 Å². The minimum atomic E-state index is 0.403. The number of aromatic nitrogens is 2. The van der Waals surface area contributed by atoms with E-state index in [0.717, 1.165) is 19.4 Å². The fourth-order valence-corrected chi connectivity index (χ4v) is 2.25. The first kappa shape index (κ1) is 10.6. The molecule has 0 saturated heterocycles. The Labute approximate surface area is 91.3 Å². The van der Waals surface area contributed by atoms with Crippen molar-refractivity contribution in [1.29, 1.82) is 0 Å². The van der Waals surface area contributed by atoms with Gasteiger partial charge in [-0.15, -0.1) is 0 Å². The molecule has 1 aliphatic carbocycles. The third-order valence-corrected chi connectivity index (χ3v) is 3.16. The maximum Gasteiger partial charge on any atom is 0.116 e. The van der Waals surface area contributed by atoms with Gasteiger partial charge >= 0.3 is 0 Å². The second-order valence-electron chi connectivity index (χ2n) is 5.12. The molecule has 0 amide bonds. The quantitative estimate of drug-likeness (QED) is 0.798. The Morgan fingerprint density at radius 1 is 1.40 bits per heavy atom. The van der Waals surface area contributed by atoms with Crippen LogP contribution in [0.2, 0.25) is 0 Å². The summed E-state index contributed by atoms with van der Waals surface area (Å²) >= 11 is 0. The minimum absolute atomic E-state index is 0.403. The maximum atomic E-state index is 4.39. The number of hydrogen-bond donors (Lipinski definition) is 1. The lowest BCUT2D eigenvalue weighted by Gasteiger charge is -2.31. The Hall–Kier alpha value is -0.960. The van der Waals surface area contributed by atoms with Crippen LogP contribution in [0, 0.1) is 5.41 Å². The van der Waals surface area contributed by atoms with Crippen molar-refractivity contribution >= 4 is 0 Å². The van der Waals surface area contributed by atoms with Gasteiger partial charge in [-0.2, -0.15) is 0 Å². The number of nitrogens with zero attached hydrogens (tertiary/aromatic N) is 2. The van der Waals surface area contributed by atoms with E-state index in [-0.39, 0.29) is 0 Å². The number of nitrogens with one attached hydrogen (secondary N) is 1. The zero-order valence-electron chi connectivity index (χ0n) is 9.80. The Morgan fingerprint density at radius 2 is 2.20 bits per heavy atom. The molecule has 2 rings (SSSR count). The van der Waals surface area contributed by atoms with Crippen molar-refractivity contribution in [2.75, 3.05) is 7.05 Å². The Kier molecular flexibility index (Phi) is 2.74. The summed E-state index contributed by atoms with van der Waals surface area (Å²) in [5.41, 5.74) is 4.22. The molecule has 1 aromatic rings. The van der Waals surface area contributed by atoms with Gasteiger partial charge in [0.1, 0.15) is 6.33 Å². The number of aryl methyl sites for hydroxylation is 1. The van der Waals surface area contributed by atoms with E-state index in [4.69, 9.17) is 0 Å². The van der Waals surface area contributed by atoms with Gasteiger partial charge in [0.2, 0.25) is 0 Å². The highest BCUT2D eigenvalue weighted by Gasteiger charge is 2.27. The molecule has 1 N–H and O–H groups in total. The molecule has 3 heteroatoms. The zero-order valence-corrected chi connectivity index (χ0v) is 9.80. The van der Waals surface area contributed by atoms with E-state index in [0.29, 0.717) is 5.41 Å². The lowest BCUT2D eigenvalue weighted by molar-refractivity contribution is 0.309. The fourth-order valence-electron chi connectivity index (χ4n) is 2.25. The van der Waals surface area contributed by atoms with Gasteiger partial charge in [-0.25, -0.2) is 9.97 Å². The highest BCUT2D eigenvalue weighted by atomic mass is 14.9. The second kappa shape index (κ2) is 3.89. The predicted molar refractivity (Wildman–Crippen MR) is 60.6 cm³/mol. The lowest BCUT2D eigenvalue weighted by Crippen LogP contribution is -2.26. The third-order valence-electron chi connectivity index (χ3n) is 3.16. The van der Waals surface area contributed by atoms with Gasteiger partial charge in [-0.05, 0) is 37.3 Å². The van der Waals surface area contributed by atoms with E-state index in [1.807, 2.05) is 7.05 Å². The molecule has 0 aromatic carbocycles.